The highest BCUT2D eigenvalue weighted by molar-refractivity contribution is 5.95. The molecule has 0 N–H and O–H groups in total. The van der Waals surface area contributed by atoms with E-state index in [0.29, 0.717) is 5.69 Å². The maximum Gasteiger partial charge on any atom is 0.275 e. The summed E-state index contributed by atoms with van der Waals surface area (Å²) in [5.74, 6) is 0.0618. The van der Waals surface area contributed by atoms with E-state index in [0.717, 1.165) is 18.5 Å². The molecule has 0 spiro atoms. The standard InChI is InChI=1S/C14H23N3O.C2H6/c1-13(2,3)16-8-7-10-9-17(14(4,5)6)15-11(10)12(16)18;1-2/h9H,7-8H2,1-6H3;1-2H3. The molecule has 0 saturated heterocycles. The average molecular weight is 279 g/mol. The van der Waals surface area contributed by atoms with E-state index in [1.54, 1.807) is 0 Å². The first-order valence-electron chi connectivity index (χ1n) is 7.52. The van der Waals surface area contributed by atoms with E-state index in [-0.39, 0.29) is 17.0 Å². The zero-order valence-electron chi connectivity index (χ0n) is 14.2. The second-order valence-electron chi connectivity index (χ2n) is 7.00. The third kappa shape index (κ3) is 3.22. The summed E-state index contributed by atoms with van der Waals surface area (Å²) < 4.78 is 1.90. The monoisotopic (exact) mass is 279 g/mol. The van der Waals surface area contributed by atoms with Gasteiger partial charge in [-0.1, -0.05) is 13.8 Å². The Morgan fingerprint density at radius 2 is 1.60 bits per heavy atom. The van der Waals surface area contributed by atoms with Crippen molar-refractivity contribution in [2.24, 2.45) is 0 Å². The Balaban J connectivity index is 0.000000956. The fourth-order valence-electron chi connectivity index (χ4n) is 2.22. The number of carbonyl (C=O) groups excluding carboxylic acids is 1. The lowest BCUT2D eigenvalue weighted by atomic mass is 9.99. The van der Waals surface area contributed by atoms with E-state index in [9.17, 15) is 4.79 Å². The van der Waals surface area contributed by atoms with Gasteiger partial charge in [0.2, 0.25) is 0 Å². The Kier molecular flexibility index (Phi) is 4.67. The molecule has 1 aromatic rings. The number of aromatic nitrogens is 2. The Morgan fingerprint density at radius 3 is 2.05 bits per heavy atom. The highest BCUT2D eigenvalue weighted by Crippen LogP contribution is 2.26. The smallest absolute Gasteiger partial charge is 0.275 e. The van der Waals surface area contributed by atoms with Gasteiger partial charge in [-0.05, 0) is 48.0 Å². The lowest BCUT2D eigenvalue weighted by Crippen LogP contribution is -2.49. The number of amides is 1. The predicted octanol–water partition coefficient (Wildman–Crippen LogP) is 3.46. The van der Waals surface area contributed by atoms with Crippen molar-refractivity contribution in [3.63, 3.8) is 0 Å². The maximum atomic E-state index is 12.5. The van der Waals surface area contributed by atoms with Crippen LogP contribution in [0.3, 0.4) is 0 Å². The SMILES string of the molecule is CC.CC(C)(C)N1CCc2cn(C(C)(C)C)nc2C1=O. The van der Waals surface area contributed by atoms with Crippen LogP contribution >= 0.6 is 0 Å². The molecule has 0 fully saturated rings. The number of carbonyl (C=O) groups is 1. The highest BCUT2D eigenvalue weighted by Gasteiger charge is 2.35. The van der Waals surface area contributed by atoms with Crippen molar-refractivity contribution in [1.29, 1.82) is 0 Å². The topological polar surface area (TPSA) is 38.1 Å². The molecule has 2 rings (SSSR count). The van der Waals surface area contributed by atoms with Gasteiger partial charge in [-0.3, -0.25) is 9.48 Å². The molecule has 0 atom stereocenters. The zero-order chi connectivity index (χ0) is 15.7. The van der Waals surface area contributed by atoms with E-state index in [1.807, 2.05) is 29.6 Å². The van der Waals surface area contributed by atoms with Crippen LogP contribution < -0.4 is 0 Å². The van der Waals surface area contributed by atoms with E-state index >= 15 is 0 Å². The zero-order valence-corrected chi connectivity index (χ0v) is 14.2. The summed E-state index contributed by atoms with van der Waals surface area (Å²) in [4.78, 5) is 14.4. The fraction of sp³-hybridized carbons (Fsp3) is 0.750. The molecular formula is C16H29N3O. The van der Waals surface area contributed by atoms with E-state index < -0.39 is 0 Å². The van der Waals surface area contributed by atoms with Crippen LogP contribution in [0.4, 0.5) is 0 Å². The normalized spacial score (nSPS) is 15.6. The molecule has 20 heavy (non-hydrogen) atoms. The van der Waals surface area contributed by atoms with Gasteiger partial charge in [0, 0.05) is 23.8 Å². The summed E-state index contributed by atoms with van der Waals surface area (Å²) in [6.45, 7) is 17.3. The number of hydrogen-bond acceptors (Lipinski definition) is 2. The van der Waals surface area contributed by atoms with E-state index in [4.69, 9.17) is 0 Å². The minimum Gasteiger partial charge on any atom is -0.332 e. The molecule has 4 heteroatoms. The van der Waals surface area contributed by atoms with Crippen LogP contribution in [0.25, 0.3) is 0 Å². The number of rotatable bonds is 0. The Hall–Kier alpha value is -1.32. The number of nitrogens with zero attached hydrogens (tertiary/aromatic N) is 3. The molecule has 0 radical (unpaired) electrons. The molecule has 0 bridgehead atoms. The molecule has 2 heterocycles. The summed E-state index contributed by atoms with van der Waals surface area (Å²) in [5.41, 5.74) is 1.49. The number of hydrogen-bond donors (Lipinski definition) is 0. The first kappa shape index (κ1) is 16.7. The highest BCUT2D eigenvalue weighted by atomic mass is 16.2. The van der Waals surface area contributed by atoms with Gasteiger partial charge >= 0.3 is 0 Å². The summed E-state index contributed by atoms with van der Waals surface area (Å²) in [6.07, 6.45) is 2.92. The maximum absolute atomic E-state index is 12.5. The van der Waals surface area contributed by atoms with Crippen LogP contribution in [0, 0.1) is 0 Å². The average Bonchev–Trinajstić information content (AvgIpc) is 2.75. The van der Waals surface area contributed by atoms with Gasteiger partial charge in [0.05, 0.1) is 5.54 Å². The van der Waals surface area contributed by atoms with Crippen molar-refractivity contribution in [2.45, 2.75) is 72.9 Å². The fourth-order valence-corrected chi connectivity index (χ4v) is 2.22. The Labute approximate surface area is 123 Å². The van der Waals surface area contributed by atoms with Crippen molar-refractivity contribution in [2.75, 3.05) is 6.54 Å². The second-order valence-corrected chi connectivity index (χ2v) is 7.00. The van der Waals surface area contributed by atoms with Crippen LogP contribution in [0.15, 0.2) is 6.20 Å². The molecule has 1 aliphatic rings. The van der Waals surface area contributed by atoms with Crippen LogP contribution in [-0.4, -0.2) is 32.7 Å². The van der Waals surface area contributed by atoms with E-state index in [2.05, 4.69) is 46.6 Å². The van der Waals surface area contributed by atoms with Crippen LogP contribution in [0.5, 0.6) is 0 Å². The Morgan fingerprint density at radius 1 is 1.05 bits per heavy atom. The molecule has 1 aliphatic heterocycles. The molecule has 0 aliphatic carbocycles. The van der Waals surface area contributed by atoms with Crippen molar-refractivity contribution in [1.82, 2.24) is 14.7 Å². The third-order valence-corrected chi connectivity index (χ3v) is 3.34. The van der Waals surface area contributed by atoms with Gasteiger partial charge in [0.15, 0.2) is 5.69 Å². The first-order valence-corrected chi connectivity index (χ1v) is 7.52. The Bertz CT molecular complexity index is 475. The predicted molar refractivity (Wildman–Crippen MR) is 83.1 cm³/mol. The van der Waals surface area contributed by atoms with Crippen molar-refractivity contribution >= 4 is 5.91 Å². The van der Waals surface area contributed by atoms with Crippen LogP contribution in [0.2, 0.25) is 0 Å². The molecule has 1 amide bonds. The summed E-state index contributed by atoms with van der Waals surface area (Å²) >= 11 is 0. The van der Waals surface area contributed by atoms with Gasteiger partial charge in [-0.2, -0.15) is 5.10 Å². The van der Waals surface area contributed by atoms with Gasteiger partial charge in [0.25, 0.3) is 5.91 Å². The second kappa shape index (κ2) is 5.58. The minimum absolute atomic E-state index is 0.0618. The van der Waals surface area contributed by atoms with Gasteiger partial charge in [0.1, 0.15) is 0 Å². The van der Waals surface area contributed by atoms with Gasteiger partial charge in [-0.15, -0.1) is 0 Å². The lowest BCUT2D eigenvalue weighted by Gasteiger charge is -2.37. The molecular weight excluding hydrogens is 250 g/mol. The summed E-state index contributed by atoms with van der Waals surface area (Å²) in [6, 6.07) is 0. The minimum atomic E-state index is -0.139. The van der Waals surface area contributed by atoms with Gasteiger partial charge < -0.3 is 4.90 Å². The van der Waals surface area contributed by atoms with Crippen molar-refractivity contribution in [3.8, 4) is 0 Å². The van der Waals surface area contributed by atoms with Crippen molar-refractivity contribution in [3.05, 3.63) is 17.5 Å². The number of fused-ring (bicyclic) bond motifs is 1. The summed E-state index contributed by atoms with van der Waals surface area (Å²) in [5, 5.41) is 4.49. The lowest BCUT2D eigenvalue weighted by molar-refractivity contribution is 0.0555. The first-order chi connectivity index (χ1) is 9.10. The molecule has 0 saturated carbocycles. The largest absolute Gasteiger partial charge is 0.332 e. The van der Waals surface area contributed by atoms with Crippen molar-refractivity contribution < 1.29 is 4.79 Å². The molecule has 1 aromatic heterocycles. The summed E-state index contributed by atoms with van der Waals surface area (Å²) in [7, 11) is 0. The van der Waals surface area contributed by atoms with Crippen LogP contribution in [-0.2, 0) is 12.0 Å². The molecule has 114 valence electrons. The third-order valence-electron chi connectivity index (χ3n) is 3.34. The van der Waals surface area contributed by atoms with Crippen LogP contribution in [0.1, 0.15) is 71.4 Å². The molecule has 0 aromatic carbocycles. The molecule has 0 unspecified atom stereocenters. The quantitative estimate of drug-likeness (QED) is 0.729. The van der Waals surface area contributed by atoms with Gasteiger partial charge in [-0.25, -0.2) is 0 Å². The molecule has 4 nitrogen and oxygen atoms in total. The van der Waals surface area contributed by atoms with E-state index in [1.165, 1.54) is 0 Å².